The minimum atomic E-state index is 0. The maximum Gasteiger partial charge on any atom is 0.0991 e. The van der Waals surface area contributed by atoms with Crippen molar-refractivity contribution in [1.29, 1.82) is 0 Å². The Bertz CT molecular complexity index is 616. The van der Waals surface area contributed by atoms with Crippen LogP contribution in [-0.4, -0.2) is 61.3 Å². The van der Waals surface area contributed by atoms with Crippen molar-refractivity contribution in [2.45, 2.75) is 96.1 Å². The van der Waals surface area contributed by atoms with Crippen LogP contribution in [0.25, 0.3) is 0 Å². The number of quaternary nitrogens is 2. The van der Waals surface area contributed by atoms with Gasteiger partial charge in [-0.2, -0.15) is 0 Å². The molecule has 2 nitrogen and oxygen atoms in total. The lowest BCUT2D eigenvalue weighted by Crippen LogP contribution is -3.00. The van der Waals surface area contributed by atoms with E-state index in [2.05, 4.69) is 35.0 Å². The van der Waals surface area contributed by atoms with Gasteiger partial charge in [-0.25, -0.2) is 0 Å². The van der Waals surface area contributed by atoms with E-state index in [1.807, 2.05) is 0 Å². The van der Waals surface area contributed by atoms with Crippen LogP contribution >= 0.6 is 0 Å². The molecule has 2 aliphatic heterocycles. The molecule has 176 valence electrons. The van der Waals surface area contributed by atoms with Gasteiger partial charge in [-0.1, -0.05) is 6.92 Å². The Morgan fingerprint density at radius 1 is 0.700 bits per heavy atom. The third-order valence-electron chi connectivity index (χ3n) is 12.1. The number of nitrogens with zero attached hydrogens (tertiary/aromatic N) is 2. The number of hydrogen-bond acceptors (Lipinski definition) is 0. The molecule has 0 unspecified atom stereocenters. The lowest BCUT2D eigenvalue weighted by molar-refractivity contribution is -0.952. The Kier molecular flexibility index (Phi) is 7.30. The molecule has 3 saturated carbocycles. The Hall–Kier alpha value is 0.880. The summed E-state index contributed by atoms with van der Waals surface area (Å²) in [5.41, 5.74) is 1.21. The van der Waals surface area contributed by atoms with Crippen LogP contribution in [0.5, 0.6) is 0 Å². The Morgan fingerprint density at radius 3 is 2.10 bits per heavy atom. The first-order valence-electron chi connectivity index (χ1n) is 12.9. The smallest absolute Gasteiger partial charge is 0.0991 e. The van der Waals surface area contributed by atoms with Crippen molar-refractivity contribution in [1.82, 2.24) is 0 Å². The topological polar surface area (TPSA) is 0 Å². The molecule has 5 fully saturated rings. The molecule has 0 aromatic rings. The molecule has 0 aromatic carbocycles. The van der Waals surface area contributed by atoms with E-state index in [4.69, 9.17) is 0 Å². The molecule has 0 amide bonds. The molecule has 2 saturated heterocycles. The minimum absolute atomic E-state index is 0. The van der Waals surface area contributed by atoms with Crippen LogP contribution in [0.4, 0.5) is 0 Å². The molecule has 30 heavy (non-hydrogen) atoms. The van der Waals surface area contributed by atoms with E-state index in [1.165, 1.54) is 73.5 Å². The Balaban J connectivity index is 0.00000128. The second-order valence-corrected chi connectivity index (χ2v) is 13.2. The zero-order chi connectivity index (χ0) is 19.8. The number of piperidine rings is 1. The van der Waals surface area contributed by atoms with E-state index in [1.54, 1.807) is 25.7 Å². The van der Waals surface area contributed by atoms with E-state index in [9.17, 15) is 0 Å². The van der Waals surface area contributed by atoms with Gasteiger partial charge in [0.15, 0.2) is 0 Å². The highest BCUT2D eigenvalue weighted by molar-refractivity contribution is 5.07. The average Bonchev–Trinajstić information content (AvgIpc) is 3.09. The van der Waals surface area contributed by atoms with Gasteiger partial charge in [-0.3, -0.25) is 0 Å². The molecule has 0 bridgehead atoms. The van der Waals surface area contributed by atoms with E-state index in [0.29, 0.717) is 11.0 Å². The van der Waals surface area contributed by atoms with Gasteiger partial charge < -0.3 is 42.9 Å². The monoisotopic (exact) mass is 546 g/mol. The first-order valence-corrected chi connectivity index (χ1v) is 12.9. The second-order valence-electron chi connectivity index (χ2n) is 13.2. The molecule has 0 spiro atoms. The summed E-state index contributed by atoms with van der Waals surface area (Å²) < 4.78 is 2.71. The zero-order valence-electron chi connectivity index (χ0n) is 20.4. The van der Waals surface area contributed by atoms with Gasteiger partial charge in [0.2, 0.25) is 0 Å². The van der Waals surface area contributed by atoms with Gasteiger partial charge in [0.25, 0.3) is 0 Å². The highest BCUT2D eigenvalue weighted by Crippen LogP contribution is 2.64. The molecule has 5 aliphatic rings. The lowest BCUT2D eigenvalue weighted by atomic mass is 9.44. The third-order valence-corrected chi connectivity index (χ3v) is 12.1. The quantitative estimate of drug-likeness (QED) is 0.387. The zero-order valence-corrected chi connectivity index (χ0v) is 23.6. The van der Waals surface area contributed by atoms with E-state index in [-0.39, 0.29) is 34.0 Å². The van der Waals surface area contributed by atoms with Crippen LogP contribution in [0.3, 0.4) is 0 Å². The molecule has 4 heteroatoms. The highest BCUT2D eigenvalue weighted by atomic mass is 79.9. The van der Waals surface area contributed by atoms with E-state index < -0.39 is 0 Å². The summed E-state index contributed by atoms with van der Waals surface area (Å²) in [7, 11) is 7.69. The van der Waals surface area contributed by atoms with E-state index in [0.717, 1.165) is 29.7 Å². The molecule has 0 radical (unpaired) electrons. The summed E-state index contributed by atoms with van der Waals surface area (Å²) in [6.45, 7) is 9.78. The van der Waals surface area contributed by atoms with Crippen LogP contribution in [0.1, 0.15) is 84.5 Å². The van der Waals surface area contributed by atoms with Crippen LogP contribution in [-0.2, 0) is 0 Å². The SMILES string of the molecule is C[C@]12CC[C@@H]([N+]3(C)CCCC3)C[C@@H]1CC[C@@H]1[C@@H]2CC[C@@]2(C)[C@H]1CCC[N+]2(C)C.[Br-].[Br-]. The summed E-state index contributed by atoms with van der Waals surface area (Å²) in [4.78, 5) is 0. The van der Waals surface area contributed by atoms with E-state index >= 15 is 0 Å². The van der Waals surface area contributed by atoms with Crippen molar-refractivity contribution in [2.24, 2.45) is 29.1 Å². The lowest BCUT2D eigenvalue weighted by Gasteiger charge is -2.65. The molecular weight excluding hydrogens is 500 g/mol. The summed E-state index contributed by atoms with van der Waals surface area (Å²) in [5.74, 6) is 4.09. The average molecular weight is 548 g/mol. The standard InChI is InChI=1S/C26H48N2.2BrH/c1-25-14-12-21(28(5)17-6-7-18-28)19-20(25)10-11-22-23(25)13-15-26(2)24(22)9-8-16-27(26,3)4;;/h20-24H,6-19H2,1-5H3;2*1H/q+2;;/p-2/t20-,21+,22+,23-,24-,25-,26-;;/m0../s1. The predicted molar refractivity (Wildman–Crippen MR) is 118 cm³/mol. The molecule has 0 aromatic heterocycles. The number of halogens is 2. The molecule has 0 N–H and O–H groups in total. The van der Waals surface area contributed by atoms with Crippen LogP contribution in [0.15, 0.2) is 0 Å². The van der Waals surface area contributed by atoms with Crippen molar-refractivity contribution in [3.63, 3.8) is 0 Å². The second kappa shape index (κ2) is 8.58. The normalized spacial score (nSPS) is 48.9. The Morgan fingerprint density at radius 2 is 1.40 bits per heavy atom. The van der Waals surface area contributed by atoms with Gasteiger partial charge >= 0.3 is 0 Å². The van der Waals surface area contributed by atoms with Crippen molar-refractivity contribution in [3.05, 3.63) is 0 Å². The number of rotatable bonds is 1. The molecule has 7 atom stereocenters. The molecular formula is C26H48Br2N2. The predicted octanol–water partition coefficient (Wildman–Crippen LogP) is -0.525. The highest BCUT2D eigenvalue weighted by Gasteiger charge is 2.62. The third kappa shape index (κ3) is 3.61. The fraction of sp³-hybridized carbons (Fsp3) is 1.00. The van der Waals surface area contributed by atoms with Gasteiger partial charge in [0.1, 0.15) is 0 Å². The largest absolute Gasteiger partial charge is 1.00 e. The number of fused-ring (bicyclic) bond motifs is 5. The van der Waals surface area contributed by atoms with Crippen molar-refractivity contribution < 1.29 is 42.9 Å². The maximum absolute atomic E-state index is 2.76. The first kappa shape index (κ1) is 25.5. The summed E-state index contributed by atoms with van der Waals surface area (Å²) in [6, 6.07) is 0.983. The fourth-order valence-corrected chi connectivity index (χ4v) is 9.76. The molecule has 3 aliphatic carbocycles. The van der Waals surface area contributed by atoms with Crippen LogP contribution in [0, 0.1) is 29.1 Å². The van der Waals surface area contributed by atoms with Crippen molar-refractivity contribution in [2.75, 3.05) is 40.8 Å². The minimum Gasteiger partial charge on any atom is -1.00 e. The number of likely N-dealkylation sites (tertiary alicyclic amines) is 2. The van der Waals surface area contributed by atoms with Crippen LogP contribution in [0.2, 0.25) is 0 Å². The first-order chi connectivity index (χ1) is 13.2. The van der Waals surface area contributed by atoms with Crippen LogP contribution < -0.4 is 34.0 Å². The van der Waals surface area contributed by atoms with Crippen molar-refractivity contribution in [3.8, 4) is 0 Å². The molecule has 2 heterocycles. The fourth-order valence-electron chi connectivity index (χ4n) is 9.76. The molecule has 5 rings (SSSR count). The van der Waals surface area contributed by atoms with Crippen molar-refractivity contribution >= 4 is 0 Å². The van der Waals surface area contributed by atoms with Gasteiger partial charge in [0, 0.05) is 31.6 Å². The summed E-state index contributed by atoms with van der Waals surface area (Å²) in [5, 5.41) is 0. The number of hydrogen-bond donors (Lipinski definition) is 0. The summed E-state index contributed by atoms with van der Waals surface area (Å²) >= 11 is 0. The van der Waals surface area contributed by atoms with Gasteiger partial charge in [-0.05, 0) is 75.0 Å². The van der Waals surface area contributed by atoms with Gasteiger partial charge in [0.05, 0.1) is 52.4 Å². The summed E-state index contributed by atoms with van der Waals surface area (Å²) in [6.07, 6.45) is 16.7. The maximum atomic E-state index is 2.76. The van der Waals surface area contributed by atoms with Gasteiger partial charge in [-0.15, -0.1) is 0 Å². The Labute approximate surface area is 208 Å².